The number of amides is 1. The van der Waals surface area contributed by atoms with Crippen LogP contribution < -0.4 is 10.1 Å². The number of carbonyl (C=O) groups excluding carboxylic acids is 1. The summed E-state index contributed by atoms with van der Waals surface area (Å²) in [4.78, 5) is 16.4. The van der Waals surface area contributed by atoms with Gasteiger partial charge in [0.1, 0.15) is 5.75 Å². The average Bonchev–Trinajstić information content (AvgIpc) is 2.47. The molecule has 0 saturated carbocycles. The summed E-state index contributed by atoms with van der Waals surface area (Å²) in [5.41, 5.74) is 0.530. The Hall–Kier alpha value is -2.04. The lowest BCUT2D eigenvalue weighted by Crippen LogP contribution is -2.33. The Balaban J connectivity index is 2.76. The van der Waals surface area contributed by atoms with Crippen LogP contribution in [0.25, 0.3) is 0 Å². The number of nitrogens with one attached hydrogen (secondary N) is 1. The molecule has 0 radical (unpaired) electrons. The normalized spacial score (nSPS) is 12.7. The van der Waals surface area contributed by atoms with Gasteiger partial charge >= 0.3 is 0 Å². The van der Waals surface area contributed by atoms with Gasteiger partial charge < -0.3 is 9.47 Å². The molecule has 0 saturated heterocycles. The Labute approximate surface area is 120 Å². The van der Waals surface area contributed by atoms with Gasteiger partial charge in [-0.3, -0.25) is 10.1 Å². The fourth-order valence-corrected chi connectivity index (χ4v) is 1.45. The predicted molar refractivity (Wildman–Crippen MR) is 79.3 cm³/mol. The molecule has 0 heterocycles. The Kier molecular flexibility index (Phi) is 6.56. The molecule has 110 valence electrons. The first-order valence-electron chi connectivity index (χ1n) is 6.76. The van der Waals surface area contributed by atoms with E-state index in [1.807, 2.05) is 20.8 Å². The van der Waals surface area contributed by atoms with E-state index in [1.165, 1.54) is 0 Å². The zero-order valence-electron chi connectivity index (χ0n) is 12.5. The quantitative estimate of drug-likeness (QED) is 0.665. The molecule has 1 aromatic rings. The van der Waals surface area contributed by atoms with Crippen LogP contribution in [0.4, 0.5) is 0 Å². The average molecular weight is 278 g/mol. The minimum atomic E-state index is -0.247. The number of hydrogen-bond acceptors (Lipinski definition) is 4. The van der Waals surface area contributed by atoms with Gasteiger partial charge in [-0.15, -0.1) is 0 Å². The number of nitrogens with zero attached hydrogens (tertiary/aromatic N) is 1. The van der Waals surface area contributed by atoms with Crippen molar-refractivity contribution in [3.05, 3.63) is 29.8 Å². The number of benzene rings is 1. The molecule has 0 aliphatic rings. The Bertz CT molecular complexity index is 455. The largest absolute Gasteiger partial charge is 0.497 e. The zero-order valence-corrected chi connectivity index (χ0v) is 12.5. The van der Waals surface area contributed by atoms with Crippen LogP contribution in [0, 0.1) is 0 Å². The SMILES string of the molecule is CCOC(=N[C@H](C)CC)NC(=O)c1ccc(OC)cc1. The number of aliphatic imine (C=N–C) groups is 1. The number of rotatable bonds is 5. The molecular formula is C15H22N2O3. The summed E-state index contributed by atoms with van der Waals surface area (Å²) in [6, 6.07) is 7.24. The molecule has 0 fully saturated rings. The third-order valence-electron chi connectivity index (χ3n) is 2.78. The standard InChI is InChI=1S/C15H22N2O3/c1-5-11(3)16-15(20-6-2)17-14(18)12-7-9-13(19-4)10-8-12/h7-11H,5-6H2,1-4H3,(H,16,17,18)/t11-/m1/s1. The van der Waals surface area contributed by atoms with E-state index in [9.17, 15) is 4.79 Å². The molecule has 0 unspecified atom stereocenters. The van der Waals surface area contributed by atoms with Crippen molar-refractivity contribution in [3.8, 4) is 5.75 Å². The van der Waals surface area contributed by atoms with E-state index < -0.39 is 0 Å². The lowest BCUT2D eigenvalue weighted by Gasteiger charge is -2.11. The third kappa shape index (κ3) is 4.91. The summed E-state index contributed by atoms with van der Waals surface area (Å²) in [6.45, 7) is 6.31. The van der Waals surface area contributed by atoms with Crippen LogP contribution in [-0.2, 0) is 4.74 Å². The number of methoxy groups -OCH3 is 1. The topological polar surface area (TPSA) is 59.9 Å². The van der Waals surface area contributed by atoms with Crippen molar-refractivity contribution in [2.45, 2.75) is 33.2 Å². The van der Waals surface area contributed by atoms with Crippen molar-refractivity contribution >= 4 is 11.9 Å². The molecule has 1 rings (SSSR count). The van der Waals surface area contributed by atoms with Crippen LogP contribution in [0.1, 0.15) is 37.6 Å². The number of carbonyl (C=O) groups is 1. The van der Waals surface area contributed by atoms with Gasteiger partial charge in [0.15, 0.2) is 0 Å². The van der Waals surface area contributed by atoms with Crippen LogP contribution in [0.15, 0.2) is 29.3 Å². The molecule has 5 heteroatoms. The van der Waals surface area contributed by atoms with Gasteiger partial charge in [0.25, 0.3) is 11.9 Å². The fraction of sp³-hybridized carbons (Fsp3) is 0.467. The lowest BCUT2D eigenvalue weighted by molar-refractivity contribution is 0.0966. The van der Waals surface area contributed by atoms with Crippen LogP contribution in [-0.4, -0.2) is 31.7 Å². The molecule has 20 heavy (non-hydrogen) atoms. The van der Waals surface area contributed by atoms with Gasteiger partial charge in [-0.25, -0.2) is 4.99 Å². The molecular weight excluding hydrogens is 256 g/mol. The molecule has 5 nitrogen and oxygen atoms in total. The first-order chi connectivity index (χ1) is 9.60. The summed E-state index contributed by atoms with van der Waals surface area (Å²) in [7, 11) is 1.58. The van der Waals surface area contributed by atoms with E-state index in [0.29, 0.717) is 17.9 Å². The fourth-order valence-electron chi connectivity index (χ4n) is 1.45. The monoisotopic (exact) mass is 278 g/mol. The van der Waals surface area contributed by atoms with Gasteiger partial charge in [0, 0.05) is 5.56 Å². The van der Waals surface area contributed by atoms with E-state index in [-0.39, 0.29) is 18.0 Å². The molecule has 1 aromatic carbocycles. The molecule has 0 aromatic heterocycles. The van der Waals surface area contributed by atoms with Crippen molar-refractivity contribution in [3.63, 3.8) is 0 Å². The first kappa shape index (κ1) is 16.0. The van der Waals surface area contributed by atoms with Gasteiger partial charge in [-0.2, -0.15) is 0 Å². The van der Waals surface area contributed by atoms with E-state index in [0.717, 1.165) is 6.42 Å². The second-order valence-electron chi connectivity index (χ2n) is 4.31. The Morgan fingerprint density at radius 2 is 1.95 bits per heavy atom. The lowest BCUT2D eigenvalue weighted by atomic mass is 10.2. The van der Waals surface area contributed by atoms with E-state index in [2.05, 4.69) is 10.3 Å². The van der Waals surface area contributed by atoms with Crippen molar-refractivity contribution in [1.82, 2.24) is 5.32 Å². The van der Waals surface area contributed by atoms with Gasteiger partial charge in [-0.1, -0.05) is 6.92 Å². The van der Waals surface area contributed by atoms with Crippen LogP contribution >= 0.6 is 0 Å². The summed E-state index contributed by atoms with van der Waals surface area (Å²) in [6.07, 6.45) is 0.884. The highest BCUT2D eigenvalue weighted by atomic mass is 16.5. The zero-order chi connectivity index (χ0) is 15.0. The maximum atomic E-state index is 12.1. The van der Waals surface area contributed by atoms with Crippen molar-refractivity contribution in [2.75, 3.05) is 13.7 Å². The first-order valence-corrected chi connectivity index (χ1v) is 6.76. The number of ether oxygens (including phenoxy) is 2. The van der Waals surface area contributed by atoms with Gasteiger partial charge in [0.05, 0.1) is 19.8 Å². The van der Waals surface area contributed by atoms with Crippen LogP contribution in [0.5, 0.6) is 5.75 Å². The van der Waals surface area contributed by atoms with Gasteiger partial charge in [-0.05, 0) is 44.5 Å². The number of hydrogen-bond donors (Lipinski definition) is 1. The minimum Gasteiger partial charge on any atom is -0.497 e. The highest BCUT2D eigenvalue weighted by Gasteiger charge is 2.10. The highest BCUT2D eigenvalue weighted by Crippen LogP contribution is 2.11. The van der Waals surface area contributed by atoms with Crippen molar-refractivity contribution < 1.29 is 14.3 Å². The maximum absolute atomic E-state index is 12.1. The van der Waals surface area contributed by atoms with Crippen LogP contribution in [0.2, 0.25) is 0 Å². The van der Waals surface area contributed by atoms with Crippen molar-refractivity contribution in [1.29, 1.82) is 0 Å². The second kappa shape index (κ2) is 8.19. The molecule has 0 aliphatic carbocycles. The van der Waals surface area contributed by atoms with E-state index >= 15 is 0 Å². The second-order valence-corrected chi connectivity index (χ2v) is 4.31. The highest BCUT2D eigenvalue weighted by molar-refractivity contribution is 6.04. The third-order valence-corrected chi connectivity index (χ3v) is 2.78. The van der Waals surface area contributed by atoms with Gasteiger partial charge in [0.2, 0.25) is 0 Å². The molecule has 0 bridgehead atoms. The molecule has 1 amide bonds. The summed E-state index contributed by atoms with van der Waals surface area (Å²) in [5, 5.41) is 2.68. The molecule has 0 aliphatic heterocycles. The summed E-state index contributed by atoms with van der Waals surface area (Å²) >= 11 is 0. The number of amidine groups is 1. The van der Waals surface area contributed by atoms with E-state index in [4.69, 9.17) is 9.47 Å². The van der Waals surface area contributed by atoms with E-state index in [1.54, 1.807) is 31.4 Å². The van der Waals surface area contributed by atoms with Crippen LogP contribution in [0.3, 0.4) is 0 Å². The Morgan fingerprint density at radius 3 is 2.45 bits per heavy atom. The summed E-state index contributed by atoms with van der Waals surface area (Å²) in [5.74, 6) is 0.461. The minimum absolute atomic E-state index is 0.104. The summed E-state index contributed by atoms with van der Waals surface area (Å²) < 4.78 is 10.4. The Morgan fingerprint density at radius 1 is 1.30 bits per heavy atom. The maximum Gasteiger partial charge on any atom is 0.291 e. The molecule has 1 atom stereocenters. The molecule has 0 spiro atoms. The van der Waals surface area contributed by atoms with Crippen molar-refractivity contribution in [2.24, 2.45) is 4.99 Å². The predicted octanol–water partition coefficient (Wildman–Crippen LogP) is 2.62. The smallest absolute Gasteiger partial charge is 0.291 e. The molecule has 1 N–H and O–H groups in total.